The molecule has 2 nitrogen and oxygen atoms in total. The molecule has 1 N–H and O–H groups in total. The van der Waals surface area contributed by atoms with Gasteiger partial charge in [-0.15, -0.1) is 6.42 Å². The van der Waals surface area contributed by atoms with E-state index in [1.807, 2.05) is 0 Å². The van der Waals surface area contributed by atoms with Crippen LogP contribution in [0.25, 0.3) is 0 Å². The number of phenols is 1. The number of terminal acetylenes is 1. The SMILES string of the molecule is C#Cc1cc(C)c(O)cc1C=O. The van der Waals surface area contributed by atoms with E-state index in [0.29, 0.717) is 23.0 Å². The van der Waals surface area contributed by atoms with Crippen LogP contribution in [0.5, 0.6) is 5.75 Å². The second-order valence-corrected chi connectivity index (χ2v) is 2.49. The van der Waals surface area contributed by atoms with Crippen molar-refractivity contribution in [2.45, 2.75) is 6.92 Å². The summed E-state index contributed by atoms with van der Waals surface area (Å²) in [6, 6.07) is 2.98. The first-order valence-corrected chi connectivity index (χ1v) is 3.44. The summed E-state index contributed by atoms with van der Waals surface area (Å²) in [6.07, 6.45) is 5.79. The van der Waals surface area contributed by atoms with Crippen LogP contribution in [0.15, 0.2) is 12.1 Å². The number of aldehydes is 1. The molecule has 0 aromatic heterocycles. The molecule has 1 rings (SSSR count). The van der Waals surface area contributed by atoms with E-state index in [2.05, 4.69) is 5.92 Å². The number of carbonyl (C=O) groups excluding carboxylic acids is 1. The minimum atomic E-state index is 0.0936. The van der Waals surface area contributed by atoms with E-state index in [1.165, 1.54) is 6.07 Å². The molecule has 60 valence electrons. The standard InChI is InChI=1S/C10H8O2/c1-3-8-4-7(2)10(12)5-9(8)6-11/h1,4-6,12H,2H3. The van der Waals surface area contributed by atoms with Gasteiger partial charge in [-0.25, -0.2) is 0 Å². The first-order valence-electron chi connectivity index (χ1n) is 3.44. The number of carbonyl (C=O) groups is 1. The number of hydrogen-bond acceptors (Lipinski definition) is 2. The molecule has 0 heterocycles. The summed E-state index contributed by atoms with van der Waals surface area (Å²) in [5, 5.41) is 9.22. The zero-order valence-electron chi connectivity index (χ0n) is 6.66. The summed E-state index contributed by atoms with van der Waals surface area (Å²) in [5.74, 6) is 2.47. The largest absolute Gasteiger partial charge is 0.508 e. The van der Waals surface area contributed by atoms with Crippen molar-refractivity contribution >= 4 is 6.29 Å². The molecule has 0 unspecified atom stereocenters. The average Bonchev–Trinajstić information content (AvgIpc) is 2.09. The van der Waals surface area contributed by atoms with E-state index in [9.17, 15) is 9.90 Å². The maximum atomic E-state index is 10.4. The van der Waals surface area contributed by atoms with Crippen molar-refractivity contribution in [3.05, 3.63) is 28.8 Å². The Morgan fingerprint density at radius 3 is 2.75 bits per heavy atom. The van der Waals surface area contributed by atoms with Crippen molar-refractivity contribution in [1.29, 1.82) is 0 Å². The summed E-state index contributed by atoms with van der Waals surface area (Å²) in [5.41, 5.74) is 1.54. The highest BCUT2D eigenvalue weighted by Crippen LogP contribution is 2.19. The predicted octanol–water partition coefficient (Wildman–Crippen LogP) is 1.49. The average molecular weight is 160 g/mol. The summed E-state index contributed by atoms with van der Waals surface area (Å²) >= 11 is 0. The molecule has 2 heteroatoms. The second-order valence-electron chi connectivity index (χ2n) is 2.49. The maximum Gasteiger partial charge on any atom is 0.151 e. The zero-order chi connectivity index (χ0) is 9.14. The fourth-order valence-corrected chi connectivity index (χ4v) is 0.935. The number of rotatable bonds is 1. The maximum absolute atomic E-state index is 10.4. The van der Waals surface area contributed by atoms with E-state index < -0.39 is 0 Å². The Morgan fingerprint density at radius 2 is 2.25 bits per heavy atom. The summed E-state index contributed by atoms with van der Waals surface area (Å²) < 4.78 is 0. The molecule has 1 aromatic carbocycles. The Bertz CT molecular complexity index is 359. The van der Waals surface area contributed by atoms with Gasteiger partial charge >= 0.3 is 0 Å². The van der Waals surface area contributed by atoms with Gasteiger partial charge in [-0.3, -0.25) is 4.79 Å². The lowest BCUT2D eigenvalue weighted by Crippen LogP contribution is -1.88. The van der Waals surface area contributed by atoms with E-state index >= 15 is 0 Å². The lowest BCUT2D eigenvalue weighted by atomic mass is 10.1. The fourth-order valence-electron chi connectivity index (χ4n) is 0.935. The van der Waals surface area contributed by atoms with Gasteiger partial charge in [0.1, 0.15) is 5.75 Å². The van der Waals surface area contributed by atoms with Crippen molar-refractivity contribution in [1.82, 2.24) is 0 Å². The fraction of sp³-hybridized carbons (Fsp3) is 0.100. The Morgan fingerprint density at radius 1 is 1.58 bits per heavy atom. The first kappa shape index (κ1) is 8.35. The number of phenolic OH excluding ortho intramolecular Hbond substituents is 1. The van der Waals surface area contributed by atoms with Gasteiger partial charge in [0.05, 0.1) is 0 Å². The molecule has 0 radical (unpaired) electrons. The number of aromatic hydroxyl groups is 1. The van der Waals surface area contributed by atoms with E-state index in [-0.39, 0.29) is 5.75 Å². The molecule has 1 aromatic rings. The van der Waals surface area contributed by atoms with Gasteiger partial charge in [-0.2, -0.15) is 0 Å². The number of aryl methyl sites for hydroxylation is 1. The minimum Gasteiger partial charge on any atom is -0.508 e. The van der Waals surface area contributed by atoms with Gasteiger partial charge in [0.25, 0.3) is 0 Å². The van der Waals surface area contributed by atoms with Crippen molar-refractivity contribution in [2.75, 3.05) is 0 Å². The van der Waals surface area contributed by atoms with Gasteiger partial charge < -0.3 is 5.11 Å². The number of hydrogen-bond donors (Lipinski definition) is 1. The Kier molecular flexibility index (Phi) is 2.16. The molecule has 0 aliphatic carbocycles. The Balaban J connectivity index is 3.41. The monoisotopic (exact) mass is 160 g/mol. The third-order valence-corrected chi connectivity index (χ3v) is 1.65. The third-order valence-electron chi connectivity index (χ3n) is 1.65. The highest BCUT2D eigenvalue weighted by atomic mass is 16.3. The van der Waals surface area contributed by atoms with Crippen molar-refractivity contribution < 1.29 is 9.90 Å². The molecule has 0 bridgehead atoms. The van der Waals surface area contributed by atoms with Gasteiger partial charge in [-0.1, -0.05) is 5.92 Å². The van der Waals surface area contributed by atoms with Crippen LogP contribution in [0.3, 0.4) is 0 Å². The van der Waals surface area contributed by atoms with E-state index in [4.69, 9.17) is 6.42 Å². The van der Waals surface area contributed by atoms with Gasteiger partial charge in [-0.05, 0) is 24.6 Å². The first-order chi connectivity index (χ1) is 5.69. The Labute approximate surface area is 70.8 Å². The second kappa shape index (κ2) is 3.10. The molecule has 0 fully saturated rings. The highest BCUT2D eigenvalue weighted by molar-refractivity contribution is 5.80. The van der Waals surface area contributed by atoms with Crippen LogP contribution in [-0.4, -0.2) is 11.4 Å². The predicted molar refractivity (Wildman–Crippen MR) is 46.2 cm³/mol. The van der Waals surface area contributed by atoms with Crippen LogP contribution in [-0.2, 0) is 0 Å². The molecule has 0 aliphatic rings. The van der Waals surface area contributed by atoms with Crippen molar-refractivity contribution in [2.24, 2.45) is 0 Å². The molecule has 0 saturated carbocycles. The lowest BCUT2D eigenvalue weighted by molar-refractivity contribution is 0.112. The highest BCUT2D eigenvalue weighted by Gasteiger charge is 2.03. The molecule has 0 atom stereocenters. The molecule has 12 heavy (non-hydrogen) atoms. The minimum absolute atomic E-state index is 0.0936. The normalized spacial score (nSPS) is 9.00. The summed E-state index contributed by atoms with van der Waals surface area (Å²) in [4.78, 5) is 10.4. The lowest BCUT2D eigenvalue weighted by Gasteiger charge is -2.01. The quantitative estimate of drug-likeness (QED) is 0.499. The molecule has 0 saturated heterocycles. The molecule has 0 amide bonds. The number of benzene rings is 1. The van der Waals surface area contributed by atoms with E-state index in [1.54, 1.807) is 13.0 Å². The van der Waals surface area contributed by atoms with Crippen LogP contribution in [0, 0.1) is 19.3 Å². The Hall–Kier alpha value is -1.75. The summed E-state index contributed by atoms with van der Waals surface area (Å²) in [6.45, 7) is 1.73. The smallest absolute Gasteiger partial charge is 0.151 e. The van der Waals surface area contributed by atoms with Crippen LogP contribution in [0.1, 0.15) is 21.5 Å². The van der Waals surface area contributed by atoms with E-state index in [0.717, 1.165) is 0 Å². The van der Waals surface area contributed by atoms with Crippen molar-refractivity contribution in [3.8, 4) is 18.1 Å². The molecular formula is C10H8O2. The molecular weight excluding hydrogens is 152 g/mol. The molecule has 0 spiro atoms. The third kappa shape index (κ3) is 1.30. The molecule has 0 aliphatic heterocycles. The van der Waals surface area contributed by atoms with Crippen LogP contribution < -0.4 is 0 Å². The van der Waals surface area contributed by atoms with Gasteiger partial charge in [0.15, 0.2) is 6.29 Å². The van der Waals surface area contributed by atoms with Crippen molar-refractivity contribution in [3.63, 3.8) is 0 Å². The van der Waals surface area contributed by atoms with Gasteiger partial charge in [0.2, 0.25) is 0 Å². The van der Waals surface area contributed by atoms with Crippen LogP contribution in [0.2, 0.25) is 0 Å². The summed E-state index contributed by atoms with van der Waals surface area (Å²) in [7, 11) is 0. The van der Waals surface area contributed by atoms with Crippen LogP contribution in [0.4, 0.5) is 0 Å². The topological polar surface area (TPSA) is 37.3 Å². The van der Waals surface area contributed by atoms with Crippen LogP contribution >= 0.6 is 0 Å². The van der Waals surface area contributed by atoms with Gasteiger partial charge in [0, 0.05) is 11.1 Å². The zero-order valence-corrected chi connectivity index (χ0v) is 6.66.